The molecule has 1 N–H and O–H groups in total. The molecule has 0 spiro atoms. The first-order valence-electron chi connectivity index (χ1n) is 7.38. The van der Waals surface area contributed by atoms with Gasteiger partial charge in [-0.3, -0.25) is 9.59 Å². The molecule has 0 saturated carbocycles. The Morgan fingerprint density at radius 1 is 1.32 bits per heavy atom. The molecule has 128 valence electrons. The monoisotopic (exact) mass is 322 g/mol. The van der Waals surface area contributed by atoms with Crippen molar-refractivity contribution in [2.75, 3.05) is 13.1 Å². The van der Waals surface area contributed by atoms with E-state index in [1.807, 2.05) is 19.2 Å². The van der Waals surface area contributed by atoms with Gasteiger partial charge < -0.3 is 10.2 Å². The Bertz CT molecular complexity index is 439. The fraction of sp³-hybridized carbons (Fsp3) is 0.867. The van der Waals surface area contributed by atoms with Gasteiger partial charge in [0.05, 0.1) is 6.04 Å². The number of rotatable bonds is 3. The number of likely N-dealkylation sites (tertiary alicyclic amines) is 1. The first kappa shape index (κ1) is 18.8. The molecule has 0 aromatic heterocycles. The second kappa shape index (κ2) is 6.08. The molecule has 1 aliphatic heterocycles. The summed E-state index contributed by atoms with van der Waals surface area (Å²) in [5.74, 6) is -2.04. The third-order valence-corrected chi connectivity index (χ3v) is 4.05. The normalized spacial score (nSPS) is 20.7. The summed E-state index contributed by atoms with van der Waals surface area (Å²) >= 11 is 0. The minimum atomic E-state index is -4.92. The number of nitrogens with one attached hydrogen (secondary N) is 1. The predicted molar refractivity (Wildman–Crippen MR) is 77.0 cm³/mol. The highest BCUT2D eigenvalue weighted by atomic mass is 19.4. The van der Waals surface area contributed by atoms with Crippen LogP contribution in [0.5, 0.6) is 0 Å². The number of alkyl halides is 3. The molecule has 2 amide bonds. The van der Waals surface area contributed by atoms with Gasteiger partial charge in [-0.2, -0.15) is 13.2 Å². The first-order valence-corrected chi connectivity index (χ1v) is 7.38. The van der Waals surface area contributed by atoms with Crippen LogP contribution in [-0.2, 0) is 9.59 Å². The zero-order valence-electron chi connectivity index (χ0n) is 13.8. The van der Waals surface area contributed by atoms with Crippen LogP contribution in [0.4, 0.5) is 13.2 Å². The van der Waals surface area contributed by atoms with Gasteiger partial charge in [0.2, 0.25) is 5.91 Å². The number of hydrogen-bond acceptors (Lipinski definition) is 2. The number of piperidine rings is 1. The van der Waals surface area contributed by atoms with Gasteiger partial charge in [-0.1, -0.05) is 34.6 Å². The fourth-order valence-electron chi connectivity index (χ4n) is 2.36. The fourth-order valence-corrected chi connectivity index (χ4v) is 2.36. The molecule has 0 aromatic rings. The standard InChI is InChI=1S/C15H25F3N2O2/c1-13(2,3)10(19-12(22)15(16,17)18)9-20-7-6-14(4,5)8-11(20)21/h10H,6-9H2,1-5H3,(H,19,22)/t10-/m1/s1. The molecule has 0 unspecified atom stereocenters. The quantitative estimate of drug-likeness (QED) is 0.868. The largest absolute Gasteiger partial charge is 0.471 e. The highest BCUT2D eigenvalue weighted by Crippen LogP contribution is 2.32. The van der Waals surface area contributed by atoms with Gasteiger partial charge in [0.25, 0.3) is 0 Å². The van der Waals surface area contributed by atoms with Crippen LogP contribution in [0.2, 0.25) is 0 Å². The lowest BCUT2D eigenvalue weighted by Crippen LogP contribution is -2.56. The Kier molecular flexibility index (Phi) is 5.19. The van der Waals surface area contributed by atoms with E-state index in [0.717, 1.165) is 6.42 Å². The molecule has 0 radical (unpaired) electrons. The van der Waals surface area contributed by atoms with Crippen LogP contribution in [-0.4, -0.2) is 42.0 Å². The van der Waals surface area contributed by atoms with Gasteiger partial charge in [0.15, 0.2) is 0 Å². The van der Waals surface area contributed by atoms with Gasteiger partial charge in [-0.15, -0.1) is 0 Å². The third kappa shape index (κ3) is 5.18. The number of amides is 2. The molecule has 0 aliphatic carbocycles. The summed E-state index contributed by atoms with van der Waals surface area (Å²) in [6.07, 6.45) is -3.75. The van der Waals surface area contributed by atoms with Crippen LogP contribution in [0.3, 0.4) is 0 Å². The van der Waals surface area contributed by atoms with Gasteiger partial charge >= 0.3 is 12.1 Å². The Morgan fingerprint density at radius 3 is 2.27 bits per heavy atom. The lowest BCUT2D eigenvalue weighted by molar-refractivity contribution is -0.175. The van der Waals surface area contributed by atoms with E-state index in [2.05, 4.69) is 0 Å². The molecule has 1 heterocycles. The zero-order valence-corrected chi connectivity index (χ0v) is 13.8. The van der Waals surface area contributed by atoms with Crippen molar-refractivity contribution in [1.82, 2.24) is 10.2 Å². The molecule has 22 heavy (non-hydrogen) atoms. The minimum absolute atomic E-state index is 0.0771. The van der Waals surface area contributed by atoms with E-state index in [9.17, 15) is 22.8 Å². The van der Waals surface area contributed by atoms with Gasteiger partial charge in [-0.05, 0) is 17.3 Å². The maximum Gasteiger partial charge on any atom is 0.471 e. The van der Waals surface area contributed by atoms with E-state index >= 15 is 0 Å². The molecule has 7 heteroatoms. The SMILES string of the molecule is CC1(C)CCN(C[C@@H](NC(=O)C(F)(F)F)C(C)(C)C)C(=O)C1. The van der Waals surface area contributed by atoms with Crippen LogP contribution in [0, 0.1) is 10.8 Å². The second-order valence-corrected chi connectivity index (χ2v) is 7.82. The lowest BCUT2D eigenvalue weighted by Gasteiger charge is -2.41. The molecule has 1 rings (SSSR count). The van der Waals surface area contributed by atoms with Crippen LogP contribution in [0.25, 0.3) is 0 Å². The van der Waals surface area contributed by atoms with Crippen molar-refractivity contribution >= 4 is 11.8 Å². The first-order chi connectivity index (χ1) is 9.72. The molecule has 1 aliphatic rings. The molecule has 1 fully saturated rings. The Balaban J connectivity index is 2.79. The highest BCUT2D eigenvalue weighted by molar-refractivity contribution is 5.82. The number of hydrogen-bond donors (Lipinski definition) is 1. The maximum absolute atomic E-state index is 12.5. The molecule has 0 bridgehead atoms. The summed E-state index contributed by atoms with van der Waals surface area (Å²) < 4.78 is 37.4. The van der Waals surface area contributed by atoms with Gasteiger partial charge in [0.1, 0.15) is 0 Å². The van der Waals surface area contributed by atoms with Crippen LogP contribution < -0.4 is 5.32 Å². The van der Waals surface area contributed by atoms with Gasteiger partial charge in [0, 0.05) is 19.5 Å². The average Bonchev–Trinajstić information content (AvgIpc) is 2.27. The zero-order chi connectivity index (χ0) is 17.3. The second-order valence-electron chi connectivity index (χ2n) is 7.82. The van der Waals surface area contributed by atoms with E-state index in [1.54, 1.807) is 25.7 Å². The summed E-state index contributed by atoms with van der Waals surface area (Å²) in [7, 11) is 0. The van der Waals surface area contributed by atoms with Crippen molar-refractivity contribution in [3.8, 4) is 0 Å². The smallest absolute Gasteiger partial charge is 0.343 e. The maximum atomic E-state index is 12.5. The minimum Gasteiger partial charge on any atom is -0.343 e. The number of carbonyl (C=O) groups is 2. The number of carbonyl (C=O) groups excluding carboxylic acids is 2. The molecular weight excluding hydrogens is 297 g/mol. The predicted octanol–water partition coefficient (Wildman–Crippen LogP) is 2.73. The average molecular weight is 322 g/mol. The van der Waals surface area contributed by atoms with E-state index in [-0.39, 0.29) is 17.9 Å². The number of nitrogens with zero attached hydrogens (tertiary/aromatic N) is 1. The van der Waals surface area contributed by atoms with Crippen LogP contribution in [0.15, 0.2) is 0 Å². The van der Waals surface area contributed by atoms with Crippen molar-refractivity contribution in [3.05, 3.63) is 0 Å². The van der Waals surface area contributed by atoms with Crippen molar-refractivity contribution in [3.63, 3.8) is 0 Å². The highest BCUT2D eigenvalue weighted by Gasteiger charge is 2.42. The van der Waals surface area contributed by atoms with Crippen molar-refractivity contribution in [1.29, 1.82) is 0 Å². The van der Waals surface area contributed by atoms with Crippen LogP contribution in [0.1, 0.15) is 47.5 Å². The summed E-state index contributed by atoms with van der Waals surface area (Å²) in [6, 6.07) is -0.758. The third-order valence-electron chi connectivity index (χ3n) is 4.05. The Labute approximate surface area is 129 Å². The van der Waals surface area contributed by atoms with Crippen molar-refractivity contribution in [2.24, 2.45) is 10.8 Å². The Morgan fingerprint density at radius 2 is 1.86 bits per heavy atom. The number of halogens is 3. The van der Waals surface area contributed by atoms with Gasteiger partial charge in [-0.25, -0.2) is 0 Å². The lowest BCUT2D eigenvalue weighted by atomic mass is 9.81. The van der Waals surface area contributed by atoms with E-state index in [4.69, 9.17) is 0 Å². The summed E-state index contributed by atoms with van der Waals surface area (Å²) in [6.45, 7) is 9.82. The van der Waals surface area contributed by atoms with E-state index < -0.39 is 23.5 Å². The Hall–Kier alpha value is -1.27. The molecule has 1 saturated heterocycles. The summed E-state index contributed by atoms with van der Waals surface area (Å²) in [5, 5.41) is 2.03. The van der Waals surface area contributed by atoms with Crippen molar-refractivity contribution < 1.29 is 22.8 Å². The summed E-state index contributed by atoms with van der Waals surface area (Å²) in [4.78, 5) is 24.9. The topological polar surface area (TPSA) is 49.4 Å². The van der Waals surface area contributed by atoms with E-state index in [0.29, 0.717) is 13.0 Å². The van der Waals surface area contributed by atoms with E-state index in [1.165, 1.54) is 0 Å². The van der Waals surface area contributed by atoms with Crippen molar-refractivity contribution in [2.45, 2.75) is 59.7 Å². The molecule has 0 aromatic carbocycles. The van der Waals surface area contributed by atoms with Crippen LogP contribution >= 0.6 is 0 Å². The molecule has 1 atom stereocenters. The summed E-state index contributed by atoms with van der Waals surface area (Å²) in [5.41, 5.74) is -0.672. The molecule has 4 nitrogen and oxygen atoms in total. The molecular formula is C15H25F3N2O2.